The van der Waals surface area contributed by atoms with Crippen LogP contribution < -0.4 is 5.32 Å². The Balaban J connectivity index is 1.89. The van der Waals surface area contributed by atoms with Crippen molar-refractivity contribution in [1.29, 1.82) is 0 Å². The molecule has 0 aromatic heterocycles. The summed E-state index contributed by atoms with van der Waals surface area (Å²) in [6.07, 6.45) is 11.3. The van der Waals surface area contributed by atoms with Gasteiger partial charge >= 0.3 is 0 Å². The van der Waals surface area contributed by atoms with Gasteiger partial charge in [0, 0.05) is 6.54 Å². The van der Waals surface area contributed by atoms with Crippen molar-refractivity contribution in [3.63, 3.8) is 0 Å². The molecule has 1 saturated carbocycles. The Bertz CT molecular complexity index is 292. The second-order valence-electron chi connectivity index (χ2n) is 8.33. The molecule has 0 radical (unpaired) electrons. The van der Waals surface area contributed by atoms with Crippen molar-refractivity contribution >= 4 is 0 Å². The first kappa shape index (κ1) is 16.3. The van der Waals surface area contributed by atoms with Gasteiger partial charge in [0.15, 0.2) is 0 Å². The number of hydrogen-bond donors (Lipinski definition) is 1. The summed E-state index contributed by atoms with van der Waals surface area (Å²) in [4.78, 5) is 0. The van der Waals surface area contributed by atoms with E-state index in [-0.39, 0.29) is 5.60 Å². The van der Waals surface area contributed by atoms with Crippen LogP contribution in [0.15, 0.2) is 0 Å². The van der Waals surface area contributed by atoms with Gasteiger partial charge in [-0.1, -0.05) is 33.1 Å². The summed E-state index contributed by atoms with van der Waals surface area (Å²) in [5.74, 6) is 0.748. The molecule has 0 bridgehead atoms. The lowest BCUT2D eigenvalue weighted by Gasteiger charge is -2.40. The molecule has 2 fully saturated rings. The highest BCUT2D eigenvalue weighted by Crippen LogP contribution is 2.43. The molecule has 20 heavy (non-hydrogen) atoms. The van der Waals surface area contributed by atoms with Gasteiger partial charge < -0.3 is 10.1 Å². The molecular formula is C18H35NO. The van der Waals surface area contributed by atoms with Gasteiger partial charge in [-0.3, -0.25) is 0 Å². The van der Waals surface area contributed by atoms with Crippen LogP contribution >= 0.6 is 0 Å². The van der Waals surface area contributed by atoms with Crippen molar-refractivity contribution in [1.82, 2.24) is 5.32 Å². The smallest absolute Gasteiger partial charge is 0.0631 e. The van der Waals surface area contributed by atoms with Crippen LogP contribution in [-0.4, -0.2) is 24.8 Å². The summed E-state index contributed by atoms with van der Waals surface area (Å²) in [7, 11) is 0. The van der Waals surface area contributed by atoms with E-state index < -0.39 is 0 Å². The van der Waals surface area contributed by atoms with E-state index in [9.17, 15) is 0 Å². The molecular weight excluding hydrogens is 246 g/mol. The Morgan fingerprint density at radius 2 is 1.80 bits per heavy atom. The van der Waals surface area contributed by atoms with Gasteiger partial charge in [-0.05, 0) is 63.8 Å². The SMILES string of the molecule is CC(C)CNCC1(CC2CCC(C)(C)O2)CCCCC1. The monoisotopic (exact) mass is 281 g/mol. The predicted molar refractivity (Wildman–Crippen MR) is 86.0 cm³/mol. The maximum Gasteiger partial charge on any atom is 0.0631 e. The average molecular weight is 281 g/mol. The van der Waals surface area contributed by atoms with E-state index in [1.165, 1.54) is 57.9 Å². The lowest BCUT2D eigenvalue weighted by Crippen LogP contribution is -2.40. The molecule has 1 N–H and O–H groups in total. The normalized spacial score (nSPS) is 28.9. The van der Waals surface area contributed by atoms with Crippen LogP contribution in [-0.2, 0) is 4.74 Å². The van der Waals surface area contributed by atoms with E-state index in [0.717, 1.165) is 12.5 Å². The largest absolute Gasteiger partial charge is 0.372 e. The number of rotatable bonds is 6. The molecule has 1 atom stereocenters. The molecule has 2 heteroatoms. The fourth-order valence-corrected chi connectivity index (χ4v) is 4.09. The van der Waals surface area contributed by atoms with Gasteiger partial charge in [0.05, 0.1) is 11.7 Å². The molecule has 2 aliphatic rings. The van der Waals surface area contributed by atoms with E-state index in [0.29, 0.717) is 11.5 Å². The molecule has 0 aromatic carbocycles. The molecule has 118 valence electrons. The average Bonchev–Trinajstić information content (AvgIpc) is 2.69. The van der Waals surface area contributed by atoms with Crippen LogP contribution in [0.25, 0.3) is 0 Å². The van der Waals surface area contributed by atoms with Crippen molar-refractivity contribution in [2.24, 2.45) is 11.3 Å². The number of nitrogens with one attached hydrogen (secondary N) is 1. The minimum absolute atomic E-state index is 0.117. The van der Waals surface area contributed by atoms with Crippen LogP contribution in [0, 0.1) is 11.3 Å². The maximum atomic E-state index is 6.28. The summed E-state index contributed by atoms with van der Waals surface area (Å²) in [5, 5.41) is 3.73. The van der Waals surface area contributed by atoms with Crippen molar-refractivity contribution in [2.75, 3.05) is 13.1 Å². The third-order valence-electron chi connectivity index (χ3n) is 5.18. The molecule has 0 amide bonds. The standard InChI is InChI=1S/C18H35NO/c1-15(2)13-19-14-18(9-6-5-7-10-18)12-16-8-11-17(3,4)20-16/h15-16,19H,5-14H2,1-4H3. The molecule has 1 saturated heterocycles. The van der Waals surface area contributed by atoms with Gasteiger partial charge in [-0.25, -0.2) is 0 Å². The summed E-state index contributed by atoms with van der Waals surface area (Å²) < 4.78 is 6.28. The Morgan fingerprint density at radius 1 is 1.10 bits per heavy atom. The Kier molecular flexibility index (Phi) is 5.53. The highest BCUT2D eigenvalue weighted by Gasteiger charge is 2.39. The summed E-state index contributed by atoms with van der Waals surface area (Å²) in [6.45, 7) is 11.4. The topological polar surface area (TPSA) is 21.3 Å². The lowest BCUT2D eigenvalue weighted by molar-refractivity contribution is -0.0409. The first-order valence-corrected chi connectivity index (χ1v) is 8.79. The summed E-state index contributed by atoms with van der Waals surface area (Å²) in [5.41, 5.74) is 0.629. The predicted octanol–water partition coefficient (Wildman–Crippen LogP) is 4.53. The first-order valence-electron chi connectivity index (χ1n) is 8.79. The van der Waals surface area contributed by atoms with Gasteiger partial charge in [0.2, 0.25) is 0 Å². The van der Waals surface area contributed by atoms with E-state index in [1.54, 1.807) is 0 Å². The lowest BCUT2D eigenvalue weighted by atomic mass is 9.70. The summed E-state index contributed by atoms with van der Waals surface area (Å²) in [6, 6.07) is 0. The van der Waals surface area contributed by atoms with E-state index in [2.05, 4.69) is 33.0 Å². The van der Waals surface area contributed by atoms with Crippen LogP contribution in [0.5, 0.6) is 0 Å². The fourth-order valence-electron chi connectivity index (χ4n) is 4.09. The molecule has 2 nitrogen and oxygen atoms in total. The molecule has 2 rings (SSSR count). The molecule has 1 unspecified atom stereocenters. The third kappa shape index (κ3) is 4.73. The zero-order valence-corrected chi connectivity index (χ0v) is 14.1. The summed E-state index contributed by atoms with van der Waals surface area (Å²) >= 11 is 0. The van der Waals surface area contributed by atoms with Gasteiger partial charge in [-0.15, -0.1) is 0 Å². The maximum absolute atomic E-state index is 6.28. The minimum atomic E-state index is 0.117. The van der Waals surface area contributed by atoms with Crippen LogP contribution in [0.3, 0.4) is 0 Å². The quantitative estimate of drug-likeness (QED) is 0.772. The number of ether oxygens (including phenoxy) is 1. The Labute approximate surface area is 126 Å². The Hall–Kier alpha value is -0.0800. The van der Waals surface area contributed by atoms with Crippen LogP contribution in [0.4, 0.5) is 0 Å². The van der Waals surface area contributed by atoms with Gasteiger partial charge in [0.1, 0.15) is 0 Å². The van der Waals surface area contributed by atoms with Crippen molar-refractivity contribution in [3.8, 4) is 0 Å². The third-order valence-corrected chi connectivity index (χ3v) is 5.18. The molecule has 0 spiro atoms. The number of hydrogen-bond acceptors (Lipinski definition) is 2. The second kappa shape index (κ2) is 6.79. The van der Waals surface area contributed by atoms with E-state index in [1.807, 2.05) is 0 Å². The first-order chi connectivity index (χ1) is 9.41. The Morgan fingerprint density at radius 3 is 2.35 bits per heavy atom. The highest BCUT2D eigenvalue weighted by atomic mass is 16.5. The zero-order valence-electron chi connectivity index (χ0n) is 14.1. The minimum Gasteiger partial charge on any atom is -0.372 e. The highest BCUT2D eigenvalue weighted by molar-refractivity contribution is 4.91. The molecule has 1 aliphatic heterocycles. The van der Waals surface area contributed by atoms with E-state index in [4.69, 9.17) is 4.74 Å². The van der Waals surface area contributed by atoms with Gasteiger partial charge in [0.25, 0.3) is 0 Å². The van der Waals surface area contributed by atoms with Crippen LogP contribution in [0.1, 0.15) is 79.1 Å². The van der Waals surface area contributed by atoms with Crippen LogP contribution in [0.2, 0.25) is 0 Å². The zero-order chi connectivity index (χ0) is 14.6. The van der Waals surface area contributed by atoms with Gasteiger partial charge in [-0.2, -0.15) is 0 Å². The van der Waals surface area contributed by atoms with E-state index >= 15 is 0 Å². The van der Waals surface area contributed by atoms with Crippen molar-refractivity contribution in [3.05, 3.63) is 0 Å². The van der Waals surface area contributed by atoms with Crippen molar-refractivity contribution < 1.29 is 4.74 Å². The molecule has 1 aliphatic carbocycles. The second-order valence-corrected chi connectivity index (χ2v) is 8.33. The molecule has 1 heterocycles. The van der Waals surface area contributed by atoms with Crippen molar-refractivity contribution in [2.45, 2.75) is 90.8 Å². The fraction of sp³-hybridized carbons (Fsp3) is 1.00. The molecule has 0 aromatic rings.